The van der Waals surface area contributed by atoms with E-state index in [1.54, 1.807) is 12.2 Å². The first kappa shape index (κ1) is 17.4. The molecule has 122 valence electrons. The predicted octanol–water partition coefficient (Wildman–Crippen LogP) is 5.72. The van der Waals surface area contributed by atoms with Crippen molar-refractivity contribution in [2.45, 2.75) is 38.5 Å². The van der Waals surface area contributed by atoms with Gasteiger partial charge in [-0.2, -0.15) is 0 Å². The average Bonchev–Trinajstić information content (AvgIpc) is 2.54. The Bertz CT molecular complexity index is 603. The van der Waals surface area contributed by atoms with Gasteiger partial charge in [0.2, 0.25) is 0 Å². The van der Waals surface area contributed by atoms with Gasteiger partial charge in [-0.05, 0) is 62.1 Å². The zero-order valence-electron chi connectivity index (χ0n) is 13.1. The summed E-state index contributed by atoms with van der Waals surface area (Å²) in [4.78, 5) is 0. The maximum Gasteiger partial charge on any atom is 0.142 e. The van der Waals surface area contributed by atoms with Crippen molar-refractivity contribution in [3.8, 4) is 11.8 Å². The van der Waals surface area contributed by atoms with Crippen molar-refractivity contribution in [3.05, 3.63) is 60.0 Å². The van der Waals surface area contributed by atoms with Crippen molar-refractivity contribution in [3.63, 3.8) is 0 Å². The summed E-state index contributed by atoms with van der Waals surface area (Å²) in [5.74, 6) is 4.82. The molecule has 1 saturated carbocycles. The summed E-state index contributed by atoms with van der Waals surface area (Å²) in [5, 5.41) is 0. The van der Waals surface area contributed by atoms with Gasteiger partial charge in [-0.25, -0.2) is 13.2 Å². The SMILES string of the molecule is C=CCCc1cc(F)c(C#CC2CCC(C=CF)CC2)c(F)c1. The van der Waals surface area contributed by atoms with Crippen LogP contribution in [-0.2, 0) is 6.42 Å². The summed E-state index contributed by atoms with van der Waals surface area (Å²) in [6, 6.07) is 2.69. The van der Waals surface area contributed by atoms with Gasteiger partial charge in [-0.3, -0.25) is 0 Å². The molecular formula is C20H21F3. The smallest absolute Gasteiger partial charge is 0.142 e. The van der Waals surface area contributed by atoms with E-state index in [2.05, 4.69) is 18.4 Å². The lowest BCUT2D eigenvalue weighted by molar-refractivity contribution is 0.362. The fourth-order valence-corrected chi connectivity index (χ4v) is 2.89. The van der Waals surface area contributed by atoms with E-state index in [1.165, 1.54) is 12.1 Å². The second-order valence-electron chi connectivity index (χ2n) is 5.96. The molecule has 0 heterocycles. The van der Waals surface area contributed by atoms with E-state index in [9.17, 15) is 13.2 Å². The van der Waals surface area contributed by atoms with Crippen LogP contribution in [0.3, 0.4) is 0 Å². The molecule has 1 aliphatic rings. The van der Waals surface area contributed by atoms with Crippen LogP contribution < -0.4 is 0 Å². The molecule has 0 aliphatic heterocycles. The standard InChI is InChI=1S/C20H21F3/c1-2-3-4-17-13-19(22)18(20(23)14-17)10-9-15-5-7-16(8-6-15)11-12-21/h2,11-16H,1,3-8H2. The molecule has 0 saturated heterocycles. The first-order valence-corrected chi connectivity index (χ1v) is 8.01. The molecule has 0 unspecified atom stereocenters. The van der Waals surface area contributed by atoms with Gasteiger partial charge in [0.25, 0.3) is 0 Å². The summed E-state index contributed by atoms with van der Waals surface area (Å²) >= 11 is 0. The fourth-order valence-electron chi connectivity index (χ4n) is 2.89. The minimum atomic E-state index is -0.606. The van der Waals surface area contributed by atoms with Gasteiger partial charge < -0.3 is 0 Å². The van der Waals surface area contributed by atoms with Gasteiger partial charge in [0.1, 0.15) is 11.6 Å². The third-order valence-electron chi connectivity index (χ3n) is 4.26. The van der Waals surface area contributed by atoms with Crippen molar-refractivity contribution in [1.82, 2.24) is 0 Å². The van der Waals surface area contributed by atoms with Crippen LogP contribution in [0.1, 0.15) is 43.2 Å². The lowest BCUT2D eigenvalue weighted by Gasteiger charge is -2.22. The third-order valence-corrected chi connectivity index (χ3v) is 4.26. The van der Waals surface area contributed by atoms with E-state index in [-0.39, 0.29) is 17.4 Å². The van der Waals surface area contributed by atoms with Crippen molar-refractivity contribution in [2.24, 2.45) is 11.8 Å². The van der Waals surface area contributed by atoms with Crippen molar-refractivity contribution in [1.29, 1.82) is 0 Å². The van der Waals surface area contributed by atoms with Crippen molar-refractivity contribution < 1.29 is 13.2 Å². The highest BCUT2D eigenvalue weighted by atomic mass is 19.1. The van der Waals surface area contributed by atoms with Crippen LogP contribution in [0.4, 0.5) is 13.2 Å². The number of rotatable bonds is 4. The Morgan fingerprint density at radius 1 is 1.13 bits per heavy atom. The Hall–Kier alpha value is -1.95. The molecule has 23 heavy (non-hydrogen) atoms. The monoisotopic (exact) mass is 318 g/mol. The Kier molecular flexibility index (Phi) is 6.52. The quantitative estimate of drug-likeness (QED) is 0.491. The molecule has 1 aromatic carbocycles. The van der Waals surface area contributed by atoms with E-state index in [4.69, 9.17) is 0 Å². The minimum absolute atomic E-state index is 0.124. The third kappa shape index (κ3) is 5.03. The maximum absolute atomic E-state index is 14.0. The molecule has 0 N–H and O–H groups in total. The van der Waals surface area contributed by atoms with Crippen molar-refractivity contribution >= 4 is 0 Å². The lowest BCUT2D eigenvalue weighted by atomic mass is 9.82. The van der Waals surface area contributed by atoms with Crippen LogP contribution in [0.15, 0.2) is 37.2 Å². The highest BCUT2D eigenvalue weighted by Gasteiger charge is 2.18. The van der Waals surface area contributed by atoms with Crippen LogP contribution in [0.2, 0.25) is 0 Å². The highest BCUT2D eigenvalue weighted by molar-refractivity contribution is 5.39. The number of benzene rings is 1. The van der Waals surface area contributed by atoms with Gasteiger partial charge in [-0.1, -0.05) is 24.0 Å². The number of hydrogen-bond donors (Lipinski definition) is 0. The molecule has 3 heteroatoms. The number of aryl methyl sites for hydroxylation is 1. The number of halogens is 3. The molecular weight excluding hydrogens is 297 g/mol. The van der Waals surface area contributed by atoms with E-state index in [0.717, 1.165) is 25.7 Å². The fraction of sp³-hybridized carbons (Fsp3) is 0.400. The lowest BCUT2D eigenvalue weighted by Crippen LogP contribution is -2.11. The summed E-state index contributed by atoms with van der Waals surface area (Å²) in [6.07, 6.45) is 8.54. The summed E-state index contributed by atoms with van der Waals surface area (Å²) in [6.45, 7) is 3.60. The van der Waals surface area contributed by atoms with Crippen LogP contribution in [0.5, 0.6) is 0 Å². The molecule has 0 radical (unpaired) electrons. The Morgan fingerprint density at radius 2 is 1.78 bits per heavy atom. The Balaban J connectivity index is 2.05. The Labute approximate surface area is 136 Å². The Morgan fingerprint density at radius 3 is 2.35 bits per heavy atom. The van der Waals surface area contributed by atoms with E-state index < -0.39 is 11.6 Å². The van der Waals surface area contributed by atoms with E-state index >= 15 is 0 Å². The highest BCUT2D eigenvalue weighted by Crippen LogP contribution is 2.29. The summed E-state index contributed by atoms with van der Waals surface area (Å²) in [5.41, 5.74) is 0.460. The van der Waals surface area contributed by atoms with Gasteiger partial charge in [-0.15, -0.1) is 6.58 Å². The molecule has 0 atom stereocenters. The predicted molar refractivity (Wildman–Crippen MR) is 87.5 cm³/mol. The molecule has 2 rings (SSSR count). The van der Waals surface area contributed by atoms with Gasteiger partial charge in [0.05, 0.1) is 11.9 Å². The summed E-state index contributed by atoms with van der Waals surface area (Å²) in [7, 11) is 0. The molecule has 0 bridgehead atoms. The first-order valence-electron chi connectivity index (χ1n) is 8.01. The van der Waals surface area contributed by atoms with Gasteiger partial charge in [0.15, 0.2) is 0 Å². The topological polar surface area (TPSA) is 0 Å². The van der Waals surface area contributed by atoms with Crippen LogP contribution in [0.25, 0.3) is 0 Å². The van der Waals surface area contributed by atoms with Crippen molar-refractivity contribution in [2.75, 3.05) is 0 Å². The molecule has 0 amide bonds. The van der Waals surface area contributed by atoms with Crippen LogP contribution >= 0.6 is 0 Å². The zero-order chi connectivity index (χ0) is 16.7. The molecule has 0 spiro atoms. The number of allylic oxidation sites excluding steroid dienone is 2. The van der Waals surface area contributed by atoms with Gasteiger partial charge in [0, 0.05) is 5.92 Å². The minimum Gasteiger partial charge on any atom is -0.216 e. The zero-order valence-corrected chi connectivity index (χ0v) is 13.1. The average molecular weight is 318 g/mol. The molecule has 0 nitrogen and oxygen atoms in total. The summed E-state index contributed by atoms with van der Waals surface area (Å²) < 4.78 is 40.2. The molecule has 1 aliphatic carbocycles. The van der Waals surface area contributed by atoms with E-state index in [1.807, 2.05) is 0 Å². The van der Waals surface area contributed by atoms with Crippen LogP contribution in [-0.4, -0.2) is 0 Å². The molecule has 1 aromatic rings. The van der Waals surface area contributed by atoms with Crippen LogP contribution in [0, 0.1) is 35.3 Å². The number of hydrogen-bond acceptors (Lipinski definition) is 0. The second kappa shape index (κ2) is 8.62. The first-order chi connectivity index (χ1) is 11.1. The normalized spacial score (nSPS) is 21.0. The molecule has 0 aromatic heterocycles. The molecule has 1 fully saturated rings. The second-order valence-corrected chi connectivity index (χ2v) is 5.96. The van der Waals surface area contributed by atoms with Gasteiger partial charge >= 0.3 is 0 Å². The maximum atomic E-state index is 14.0. The van der Waals surface area contributed by atoms with E-state index in [0.29, 0.717) is 24.7 Å². The largest absolute Gasteiger partial charge is 0.216 e.